The smallest absolute Gasteiger partial charge is 0.251 e. The minimum Gasteiger partial charge on any atom is -0.381 e. The Kier molecular flexibility index (Phi) is 5.80. The molecule has 1 N–H and O–H groups in total. The van der Waals surface area contributed by atoms with Crippen LogP contribution in [0.3, 0.4) is 0 Å². The van der Waals surface area contributed by atoms with E-state index < -0.39 is 0 Å². The molecule has 1 aromatic rings. The van der Waals surface area contributed by atoms with Gasteiger partial charge >= 0.3 is 0 Å². The van der Waals surface area contributed by atoms with Gasteiger partial charge in [0.15, 0.2) is 0 Å². The van der Waals surface area contributed by atoms with Gasteiger partial charge in [-0.15, -0.1) is 0 Å². The second kappa shape index (κ2) is 7.60. The van der Waals surface area contributed by atoms with Crippen molar-refractivity contribution in [2.24, 2.45) is 5.92 Å². The van der Waals surface area contributed by atoms with E-state index in [-0.39, 0.29) is 5.91 Å². The van der Waals surface area contributed by atoms with Crippen molar-refractivity contribution in [1.82, 2.24) is 10.3 Å². The number of pyridine rings is 1. The summed E-state index contributed by atoms with van der Waals surface area (Å²) in [5.41, 5.74) is 1.46. The molecule has 1 saturated heterocycles. The summed E-state index contributed by atoms with van der Waals surface area (Å²) in [5.74, 6) is 0.498. The Hall–Kier alpha value is -1.13. The maximum absolute atomic E-state index is 12.1. The number of amides is 1. The lowest BCUT2D eigenvalue weighted by molar-refractivity contribution is 0.0950. The fraction of sp³-hybridized carbons (Fsp3) is 0.600. The highest BCUT2D eigenvalue weighted by atomic mass is 35.5. The van der Waals surface area contributed by atoms with E-state index in [1.54, 1.807) is 6.07 Å². The summed E-state index contributed by atoms with van der Waals surface area (Å²) in [7, 11) is 0. The van der Waals surface area contributed by atoms with Crippen LogP contribution in [0.1, 0.15) is 42.2 Å². The van der Waals surface area contributed by atoms with Crippen molar-refractivity contribution in [3.8, 4) is 0 Å². The van der Waals surface area contributed by atoms with E-state index >= 15 is 0 Å². The molecule has 0 radical (unpaired) electrons. The van der Waals surface area contributed by atoms with Gasteiger partial charge in [-0.05, 0) is 37.3 Å². The molecule has 1 unspecified atom stereocenters. The van der Waals surface area contributed by atoms with Gasteiger partial charge in [-0.1, -0.05) is 24.9 Å². The van der Waals surface area contributed by atoms with Crippen molar-refractivity contribution in [3.63, 3.8) is 0 Å². The van der Waals surface area contributed by atoms with Crippen LogP contribution in [-0.2, 0) is 11.2 Å². The summed E-state index contributed by atoms with van der Waals surface area (Å²) in [6.45, 7) is 4.42. The topological polar surface area (TPSA) is 51.2 Å². The lowest BCUT2D eigenvalue weighted by atomic mass is 10.1. The van der Waals surface area contributed by atoms with Gasteiger partial charge in [-0.25, -0.2) is 4.98 Å². The molecule has 0 aromatic carbocycles. The quantitative estimate of drug-likeness (QED) is 0.821. The standard InChI is InChI=1S/C15H21ClN2O2/c1-2-3-13-8-12(9-14(16)18-13)15(19)17-6-4-11-5-7-20-10-11/h8-9,11H,2-7,10H2,1H3,(H,17,19). The minimum absolute atomic E-state index is 0.0782. The van der Waals surface area contributed by atoms with E-state index in [0.29, 0.717) is 23.2 Å². The Morgan fingerprint density at radius 1 is 1.55 bits per heavy atom. The maximum atomic E-state index is 12.1. The number of rotatable bonds is 6. The van der Waals surface area contributed by atoms with Crippen LogP contribution in [0.4, 0.5) is 0 Å². The monoisotopic (exact) mass is 296 g/mol. The summed E-state index contributed by atoms with van der Waals surface area (Å²) in [5, 5.41) is 3.32. The number of carbonyl (C=O) groups is 1. The van der Waals surface area contributed by atoms with Crippen LogP contribution in [-0.4, -0.2) is 30.6 Å². The lowest BCUT2D eigenvalue weighted by Gasteiger charge is -2.09. The fourth-order valence-corrected chi connectivity index (χ4v) is 2.60. The van der Waals surface area contributed by atoms with Gasteiger partial charge in [0.25, 0.3) is 5.91 Å². The first-order valence-electron chi connectivity index (χ1n) is 7.21. The summed E-state index contributed by atoms with van der Waals surface area (Å²) in [6.07, 6.45) is 3.88. The number of ether oxygens (including phenoxy) is 1. The zero-order chi connectivity index (χ0) is 14.4. The van der Waals surface area contributed by atoms with Crippen molar-refractivity contribution in [1.29, 1.82) is 0 Å². The molecule has 110 valence electrons. The highest BCUT2D eigenvalue weighted by molar-refractivity contribution is 6.29. The molecule has 2 rings (SSSR count). The molecule has 2 heterocycles. The zero-order valence-electron chi connectivity index (χ0n) is 11.8. The summed E-state index contributed by atoms with van der Waals surface area (Å²) < 4.78 is 5.32. The van der Waals surface area contributed by atoms with Gasteiger partial charge in [0, 0.05) is 31.0 Å². The molecular formula is C15H21ClN2O2. The number of hydrogen-bond acceptors (Lipinski definition) is 3. The van der Waals surface area contributed by atoms with E-state index in [1.165, 1.54) is 0 Å². The third-order valence-corrected chi connectivity index (χ3v) is 3.67. The van der Waals surface area contributed by atoms with Crippen LogP contribution in [0.2, 0.25) is 5.15 Å². The predicted octanol–water partition coefficient (Wildman–Crippen LogP) is 2.84. The molecule has 1 amide bonds. The van der Waals surface area contributed by atoms with Crippen molar-refractivity contribution in [2.75, 3.05) is 19.8 Å². The Morgan fingerprint density at radius 3 is 3.10 bits per heavy atom. The Labute approximate surface area is 124 Å². The van der Waals surface area contributed by atoms with Crippen LogP contribution < -0.4 is 5.32 Å². The maximum Gasteiger partial charge on any atom is 0.251 e. The lowest BCUT2D eigenvalue weighted by Crippen LogP contribution is -2.26. The third kappa shape index (κ3) is 4.46. The average molecular weight is 297 g/mol. The third-order valence-electron chi connectivity index (χ3n) is 3.48. The van der Waals surface area contributed by atoms with Gasteiger partial charge < -0.3 is 10.1 Å². The van der Waals surface area contributed by atoms with Crippen LogP contribution in [0.25, 0.3) is 0 Å². The summed E-state index contributed by atoms with van der Waals surface area (Å²) in [6, 6.07) is 3.44. The molecule has 1 atom stereocenters. The second-order valence-corrected chi connectivity index (χ2v) is 5.58. The minimum atomic E-state index is -0.0782. The molecule has 1 aromatic heterocycles. The molecule has 4 nitrogen and oxygen atoms in total. The Bertz CT molecular complexity index is 459. The molecule has 0 aliphatic carbocycles. The molecule has 5 heteroatoms. The number of halogens is 1. The first kappa shape index (κ1) is 15.3. The van der Waals surface area contributed by atoms with Crippen LogP contribution >= 0.6 is 11.6 Å². The van der Waals surface area contributed by atoms with Crippen molar-refractivity contribution < 1.29 is 9.53 Å². The van der Waals surface area contributed by atoms with Gasteiger partial charge in [0.2, 0.25) is 0 Å². The molecule has 1 aliphatic heterocycles. The van der Waals surface area contributed by atoms with Gasteiger partial charge in [0.1, 0.15) is 5.15 Å². The number of nitrogens with one attached hydrogen (secondary N) is 1. The number of nitrogens with zero attached hydrogens (tertiary/aromatic N) is 1. The normalized spacial score (nSPS) is 18.2. The van der Waals surface area contributed by atoms with Gasteiger partial charge in [-0.3, -0.25) is 4.79 Å². The number of carbonyl (C=O) groups excluding carboxylic acids is 1. The molecule has 1 fully saturated rings. The predicted molar refractivity (Wildman–Crippen MR) is 79.1 cm³/mol. The Morgan fingerprint density at radius 2 is 2.40 bits per heavy atom. The fourth-order valence-electron chi connectivity index (χ4n) is 2.37. The van der Waals surface area contributed by atoms with E-state index in [2.05, 4.69) is 17.2 Å². The van der Waals surface area contributed by atoms with Gasteiger partial charge in [-0.2, -0.15) is 0 Å². The molecule has 0 saturated carbocycles. The highest BCUT2D eigenvalue weighted by Gasteiger charge is 2.16. The highest BCUT2D eigenvalue weighted by Crippen LogP contribution is 2.16. The molecular weight excluding hydrogens is 276 g/mol. The number of hydrogen-bond donors (Lipinski definition) is 1. The average Bonchev–Trinajstić information content (AvgIpc) is 2.91. The zero-order valence-corrected chi connectivity index (χ0v) is 12.6. The van der Waals surface area contributed by atoms with E-state index in [9.17, 15) is 4.79 Å². The van der Waals surface area contributed by atoms with Gasteiger partial charge in [0.05, 0.1) is 0 Å². The Balaban J connectivity index is 1.87. The summed E-state index contributed by atoms with van der Waals surface area (Å²) in [4.78, 5) is 16.3. The molecule has 20 heavy (non-hydrogen) atoms. The van der Waals surface area contributed by atoms with Crippen LogP contribution in [0.5, 0.6) is 0 Å². The number of aryl methyl sites for hydroxylation is 1. The molecule has 0 bridgehead atoms. The van der Waals surface area contributed by atoms with Crippen LogP contribution in [0.15, 0.2) is 12.1 Å². The largest absolute Gasteiger partial charge is 0.381 e. The van der Waals surface area contributed by atoms with E-state index in [1.807, 2.05) is 6.07 Å². The van der Waals surface area contributed by atoms with E-state index in [0.717, 1.165) is 44.6 Å². The molecule has 0 spiro atoms. The number of aromatic nitrogens is 1. The van der Waals surface area contributed by atoms with Crippen molar-refractivity contribution >= 4 is 17.5 Å². The van der Waals surface area contributed by atoms with Crippen LogP contribution in [0, 0.1) is 5.92 Å². The SMILES string of the molecule is CCCc1cc(C(=O)NCCC2CCOC2)cc(Cl)n1. The first-order valence-corrected chi connectivity index (χ1v) is 7.59. The van der Waals surface area contributed by atoms with E-state index in [4.69, 9.17) is 16.3 Å². The van der Waals surface area contributed by atoms with Crippen molar-refractivity contribution in [3.05, 3.63) is 28.5 Å². The molecule has 1 aliphatic rings. The second-order valence-electron chi connectivity index (χ2n) is 5.19. The summed E-state index contributed by atoms with van der Waals surface area (Å²) >= 11 is 5.96. The first-order chi connectivity index (χ1) is 9.69. The van der Waals surface area contributed by atoms with Crippen molar-refractivity contribution in [2.45, 2.75) is 32.6 Å².